The molecule has 92 valence electrons. The second-order valence-corrected chi connectivity index (χ2v) is 3.74. The summed E-state index contributed by atoms with van der Waals surface area (Å²) in [5.41, 5.74) is 0. The van der Waals surface area contributed by atoms with E-state index in [1.54, 1.807) is 0 Å². The Hall–Kier alpha value is -1.96. The van der Waals surface area contributed by atoms with E-state index < -0.39 is 0 Å². The van der Waals surface area contributed by atoms with E-state index in [1.807, 2.05) is 13.8 Å². The van der Waals surface area contributed by atoms with Crippen molar-refractivity contribution >= 4 is 6.01 Å². The van der Waals surface area contributed by atoms with Gasteiger partial charge in [-0.2, -0.15) is 4.98 Å². The maximum atomic E-state index is 5.35. The third kappa shape index (κ3) is 3.52. The molecule has 2 N–H and O–H groups in total. The number of nitrogens with zero attached hydrogens (tertiary/aromatic N) is 4. The van der Waals surface area contributed by atoms with Crippen molar-refractivity contribution in [3.8, 4) is 0 Å². The van der Waals surface area contributed by atoms with E-state index in [0.29, 0.717) is 36.9 Å². The van der Waals surface area contributed by atoms with Crippen LogP contribution in [0, 0.1) is 0 Å². The third-order valence-corrected chi connectivity index (χ3v) is 1.93. The zero-order valence-corrected chi connectivity index (χ0v) is 9.67. The Morgan fingerprint density at radius 2 is 2.18 bits per heavy atom. The van der Waals surface area contributed by atoms with Gasteiger partial charge in [-0.3, -0.25) is 0 Å². The van der Waals surface area contributed by atoms with Gasteiger partial charge in [0.25, 0.3) is 0 Å². The zero-order chi connectivity index (χ0) is 12.1. The molecule has 8 nitrogen and oxygen atoms in total. The predicted molar refractivity (Wildman–Crippen MR) is 57.9 cm³/mol. The first-order valence-electron chi connectivity index (χ1n) is 5.29. The minimum Gasteiger partial charge on any atom is -0.407 e. The first kappa shape index (κ1) is 11.5. The summed E-state index contributed by atoms with van der Waals surface area (Å²) in [4.78, 5) is 3.86. The molecule has 0 radical (unpaired) electrons. The van der Waals surface area contributed by atoms with E-state index in [-0.39, 0.29) is 0 Å². The highest BCUT2D eigenvalue weighted by Crippen LogP contribution is 2.06. The first-order valence-corrected chi connectivity index (χ1v) is 5.29. The van der Waals surface area contributed by atoms with Gasteiger partial charge in [-0.05, 0) is 0 Å². The van der Waals surface area contributed by atoms with Gasteiger partial charge in [0.2, 0.25) is 12.3 Å². The topological polar surface area (TPSA) is 102 Å². The molecule has 8 heteroatoms. The standard InChI is InChI=1S/C9H14N6O2/c1-6(2)10-4-8-13-14-9(17-8)11-3-7-12-5-16-15-7/h5-6,10H,3-4H2,1-2H3,(H,11,14). The van der Waals surface area contributed by atoms with Crippen LogP contribution in [0.2, 0.25) is 0 Å². The van der Waals surface area contributed by atoms with Crippen molar-refractivity contribution in [2.75, 3.05) is 5.32 Å². The first-order chi connectivity index (χ1) is 8.24. The fourth-order valence-corrected chi connectivity index (χ4v) is 1.11. The Balaban J connectivity index is 1.81. The lowest BCUT2D eigenvalue weighted by Gasteiger charge is -2.03. The smallest absolute Gasteiger partial charge is 0.315 e. The molecule has 0 aliphatic heterocycles. The lowest BCUT2D eigenvalue weighted by molar-refractivity contribution is 0.410. The van der Waals surface area contributed by atoms with E-state index in [2.05, 4.69) is 35.5 Å². The van der Waals surface area contributed by atoms with Crippen LogP contribution in [-0.4, -0.2) is 26.4 Å². The summed E-state index contributed by atoms with van der Waals surface area (Å²) in [6.07, 6.45) is 1.27. The van der Waals surface area contributed by atoms with Crippen LogP contribution in [0.15, 0.2) is 15.3 Å². The number of hydrogen-bond acceptors (Lipinski definition) is 8. The molecule has 0 saturated carbocycles. The Labute approximate surface area is 97.8 Å². The molecule has 0 amide bonds. The van der Waals surface area contributed by atoms with Crippen molar-refractivity contribution in [3.63, 3.8) is 0 Å². The molecule has 2 heterocycles. The van der Waals surface area contributed by atoms with Gasteiger partial charge in [-0.1, -0.05) is 24.1 Å². The lowest BCUT2D eigenvalue weighted by Crippen LogP contribution is -2.21. The van der Waals surface area contributed by atoms with Crippen molar-refractivity contribution in [2.45, 2.75) is 33.0 Å². The van der Waals surface area contributed by atoms with Gasteiger partial charge >= 0.3 is 6.01 Å². The molecule has 0 saturated heterocycles. The molecule has 0 bridgehead atoms. The molecule has 0 aromatic carbocycles. The van der Waals surface area contributed by atoms with Crippen molar-refractivity contribution in [1.29, 1.82) is 0 Å². The zero-order valence-electron chi connectivity index (χ0n) is 9.67. The molecule has 2 aromatic heterocycles. The number of hydrogen-bond donors (Lipinski definition) is 2. The van der Waals surface area contributed by atoms with Crippen LogP contribution in [0.1, 0.15) is 25.6 Å². The third-order valence-electron chi connectivity index (χ3n) is 1.93. The number of nitrogens with one attached hydrogen (secondary N) is 2. The van der Waals surface area contributed by atoms with E-state index in [0.717, 1.165) is 0 Å². The van der Waals surface area contributed by atoms with Gasteiger partial charge in [0, 0.05) is 6.04 Å². The van der Waals surface area contributed by atoms with Gasteiger partial charge in [0.15, 0.2) is 5.82 Å². The summed E-state index contributed by atoms with van der Waals surface area (Å²) in [7, 11) is 0. The van der Waals surface area contributed by atoms with Crippen molar-refractivity contribution in [1.82, 2.24) is 25.7 Å². The monoisotopic (exact) mass is 238 g/mol. The fraction of sp³-hybridized carbons (Fsp3) is 0.556. The molecular formula is C9H14N6O2. The molecular weight excluding hydrogens is 224 g/mol. The van der Waals surface area contributed by atoms with Crippen LogP contribution < -0.4 is 10.6 Å². The van der Waals surface area contributed by atoms with E-state index in [4.69, 9.17) is 4.42 Å². The molecule has 0 fully saturated rings. The molecule has 2 rings (SSSR count). The largest absolute Gasteiger partial charge is 0.407 e. The summed E-state index contributed by atoms with van der Waals surface area (Å²) in [6.45, 7) is 5.03. The minimum atomic E-state index is 0.343. The van der Waals surface area contributed by atoms with Gasteiger partial charge in [0.1, 0.15) is 0 Å². The van der Waals surface area contributed by atoms with Crippen molar-refractivity contribution < 1.29 is 8.94 Å². The van der Waals surface area contributed by atoms with E-state index in [1.165, 1.54) is 6.39 Å². The average Bonchev–Trinajstić information content (AvgIpc) is 2.95. The molecule has 0 aliphatic carbocycles. The Kier molecular flexibility index (Phi) is 3.66. The maximum Gasteiger partial charge on any atom is 0.315 e. The average molecular weight is 238 g/mol. The second kappa shape index (κ2) is 5.39. The molecule has 0 unspecified atom stereocenters. The lowest BCUT2D eigenvalue weighted by atomic mass is 10.4. The number of aromatic nitrogens is 4. The second-order valence-electron chi connectivity index (χ2n) is 3.74. The number of rotatable bonds is 6. The summed E-state index contributed by atoms with van der Waals surface area (Å²) in [5, 5.41) is 17.5. The van der Waals surface area contributed by atoms with Crippen LogP contribution in [0.5, 0.6) is 0 Å². The molecule has 0 aliphatic rings. The van der Waals surface area contributed by atoms with E-state index >= 15 is 0 Å². The van der Waals surface area contributed by atoms with Crippen LogP contribution in [0.25, 0.3) is 0 Å². The SMILES string of the molecule is CC(C)NCc1nnc(NCc2ncon2)o1. The number of anilines is 1. The highest BCUT2D eigenvalue weighted by Gasteiger charge is 2.07. The summed E-state index contributed by atoms with van der Waals surface area (Å²) in [6, 6.07) is 0.716. The molecule has 0 atom stereocenters. The minimum absolute atomic E-state index is 0.343. The predicted octanol–water partition coefficient (Wildman–Crippen LogP) is 0.563. The Bertz CT molecular complexity index is 438. The van der Waals surface area contributed by atoms with Gasteiger partial charge in [-0.15, -0.1) is 5.10 Å². The summed E-state index contributed by atoms with van der Waals surface area (Å²) < 4.78 is 9.95. The highest BCUT2D eigenvalue weighted by atomic mass is 16.5. The van der Waals surface area contributed by atoms with Crippen molar-refractivity contribution in [3.05, 3.63) is 18.1 Å². The summed E-state index contributed by atoms with van der Waals surface area (Å²) >= 11 is 0. The van der Waals surface area contributed by atoms with Gasteiger partial charge in [0.05, 0.1) is 13.1 Å². The quantitative estimate of drug-likeness (QED) is 0.752. The fourth-order valence-electron chi connectivity index (χ4n) is 1.11. The Morgan fingerprint density at radius 3 is 2.88 bits per heavy atom. The van der Waals surface area contributed by atoms with E-state index in [9.17, 15) is 0 Å². The molecule has 0 spiro atoms. The van der Waals surface area contributed by atoms with Crippen LogP contribution in [-0.2, 0) is 13.1 Å². The molecule has 2 aromatic rings. The summed E-state index contributed by atoms with van der Waals surface area (Å²) in [5.74, 6) is 1.07. The normalized spacial score (nSPS) is 11.0. The van der Waals surface area contributed by atoms with Gasteiger partial charge < -0.3 is 19.6 Å². The molecule has 17 heavy (non-hydrogen) atoms. The van der Waals surface area contributed by atoms with Crippen LogP contribution in [0.3, 0.4) is 0 Å². The highest BCUT2D eigenvalue weighted by molar-refractivity contribution is 5.17. The van der Waals surface area contributed by atoms with Crippen LogP contribution in [0.4, 0.5) is 6.01 Å². The Morgan fingerprint density at radius 1 is 1.29 bits per heavy atom. The van der Waals surface area contributed by atoms with Gasteiger partial charge in [-0.25, -0.2) is 0 Å². The van der Waals surface area contributed by atoms with Crippen molar-refractivity contribution in [2.24, 2.45) is 0 Å². The van der Waals surface area contributed by atoms with Crippen LogP contribution >= 0.6 is 0 Å². The maximum absolute atomic E-state index is 5.35.